The summed E-state index contributed by atoms with van der Waals surface area (Å²) in [5, 5.41) is 0. The van der Waals surface area contributed by atoms with Gasteiger partial charge in [0, 0.05) is 0 Å². The molecule has 0 N–H and O–H groups in total. The molecular weight excluding hydrogens is 427 g/mol. The van der Waals surface area contributed by atoms with E-state index in [9.17, 15) is 25.2 Å². The van der Waals surface area contributed by atoms with Crippen LogP contribution in [0.4, 0.5) is 25.2 Å². The van der Waals surface area contributed by atoms with Crippen molar-refractivity contribution in [2.24, 2.45) is 0 Å². The van der Waals surface area contributed by atoms with Gasteiger partial charge in [-0.05, 0) is 11.3 Å². The first-order valence-corrected chi connectivity index (χ1v) is 11.9. The molecule has 2 aliphatic carbocycles. The van der Waals surface area contributed by atoms with Crippen LogP contribution in [0.25, 0.3) is 0 Å². The second-order valence-electron chi connectivity index (χ2n) is 5.95. The van der Waals surface area contributed by atoms with Gasteiger partial charge < -0.3 is 0 Å². The van der Waals surface area contributed by atoms with Gasteiger partial charge in [-0.15, -0.1) is 8.58 Å². The van der Waals surface area contributed by atoms with Crippen molar-refractivity contribution in [2.75, 3.05) is 0 Å². The van der Waals surface area contributed by atoms with Crippen LogP contribution in [-0.2, 0) is 14.7 Å². The molecule has 9 heteroatoms. The summed E-state index contributed by atoms with van der Waals surface area (Å²) in [7, 11) is -9.51. The van der Waals surface area contributed by atoms with Crippen LogP contribution >= 0.6 is 16.4 Å². The molecule has 0 aromatic carbocycles. The Kier molecular flexibility index (Phi) is 9.17. The Bertz CT molecular complexity index is 497. The van der Waals surface area contributed by atoms with Gasteiger partial charge >= 0.3 is 106 Å². The van der Waals surface area contributed by atoms with Crippen LogP contribution in [0.3, 0.4) is 0 Å². The van der Waals surface area contributed by atoms with Crippen LogP contribution in [0.15, 0.2) is 45.5 Å². The van der Waals surface area contributed by atoms with Gasteiger partial charge in [0.25, 0.3) is 0 Å². The molecule has 0 heterocycles. The summed E-state index contributed by atoms with van der Waals surface area (Å²) in [5.74, 6) is 0. The van der Waals surface area contributed by atoms with E-state index in [1.54, 1.807) is 0 Å². The van der Waals surface area contributed by atoms with Crippen LogP contribution in [0.5, 0.6) is 0 Å². The summed E-state index contributed by atoms with van der Waals surface area (Å²) in [6.45, 7) is 9.10. The minimum absolute atomic E-state index is 0.903. The van der Waals surface area contributed by atoms with E-state index in [1.165, 1.54) is 23.7 Å². The summed E-state index contributed by atoms with van der Waals surface area (Å²) < 4.78 is 62.2. The minimum atomic E-state index is -10.7. The van der Waals surface area contributed by atoms with Crippen molar-refractivity contribution in [2.45, 2.75) is 51.9 Å². The Morgan fingerprint density at radius 3 is 1.28 bits per heavy atom. The number of hydrogen-bond donors (Lipinski definition) is 0. The summed E-state index contributed by atoms with van der Waals surface area (Å²) in [6, 6.07) is 0. The molecule has 0 atom stereocenters. The van der Waals surface area contributed by atoms with E-state index in [2.05, 4.69) is 64.2 Å². The number of hydrogen-bond acceptors (Lipinski definition) is 0. The van der Waals surface area contributed by atoms with E-state index in [4.69, 9.17) is 0 Å². The van der Waals surface area contributed by atoms with Gasteiger partial charge in [0.05, 0.1) is 0 Å². The molecule has 0 spiro atoms. The van der Waals surface area contributed by atoms with Gasteiger partial charge in [-0.2, -0.15) is 0 Å². The molecule has 0 radical (unpaired) electrons. The first-order chi connectivity index (χ1) is 11.0. The molecule has 150 valence electrons. The van der Waals surface area contributed by atoms with Gasteiger partial charge in [-0.3, -0.25) is 0 Å². The van der Waals surface area contributed by atoms with E-state index < -0.39 is 7.81 Å². The molecule has 0 bridgehead atoms. The second kappa shape index (κ2) is 9.21. The number of allylic oxidation sites excluding steroid dienone is 8. The fourth-order valence-electron chi connectivity index (χ4n) is 1.75. The summed E-state index contributed by atoms with van der Waals surface area (Å²) >= 11 is 1.45. The maximum atomic E-state index is 9.87. The second-order valence-corrected chi connectivity index (χ2v) is 12.1. The van der Waals surface area contributed by atoms with Crippen LogP contribution in [0.1, 0.15) is 40.5 Å². The fourth-order valence-corrected chi connectivity index (χ4v) is 4.35. The van der Waals surface area contributed by atoms with Crippen LogP contribution in [0.2, 0.25) is 0 Å². The van der Waals surface area contributed by atoms with Gasteiger partial charge in [0.2, 0.25) is 0 Å². The number of rotatable bonds is 4. The maximum absolute atomic E-state index is 10.7. The first-order valence-electron chi connectivity index (χ1n) is 7.67. The van der Waals surface area contributed by atoms with Crippen molar-refractivity contribution in [1.82, 2.24) is 0 Å². The van der Waals surface area contributed by atoms with E-state index >= 15 is 0 Å². The molecule has 25 heavy (non-hydrogen) atoms. The SMILES string of the molecule is C1=CC[C]([Co+][C]2=CC=CC2)=C1.CC(C)PC(C)C.F[P-](F)(F)(F)(F)F. The summed E-state index contributed by atoms with van der Waals surface area (Å²) in [4.78, 5) is 0. The van der Waals surface area contributed by atoms with Gasteiger partial charge in [0.1, 0.15) is 0 Å². The molecule has 0 aliphatic heterocycles. The zero-order chi connectivity index (χ0) is 19.8. The number of halogens is 6. The Balaban J connectivity index is 0.000000366. The van der Waals surface area contributed by atoms with Crippen molar-refractivity contribution in [3.8, 4) is 0 Å². The van der Waals surface area contributed by atoms with Gasteiger partial charge in [-0.25, -0.2) is 0 Å². The molecule has 0 aromatic rings. The topological polar surface area (TPSA) is 0 Å². The Morgan fingerprint density at radius 1 is 0.800 bits per heavy atom. The first kappa shape index (κ1) is 24.9. The molecule has 0 nitrogen and oxygen atoms in total. The predicted molar refractivity (Wildman–Crippen MR) is 95.8 cm³/mol. The van der Waals surface area contributed by atoms with Crippen molar-refractivity contribution in [1.29, 1.82) is 0 Å². The predicted octanol–water partition coefficient (Wildman–Crippen LogP) is 8.62. The third-order valence-corrected chi connectivity index (χ3v) is 5.07. The Labute approximate surface area is 153 Å². The van der Waals surface area contributed by atoms with E-state index in [0.29, 0.717) is 0 Å². The summed E-state index contributed by atoms with van der Waals surface area (Å²) in [5.41, 5.74) is 1.81. The summed E-state index contributed by atoms with van der Waals surface area (Å²) in [6.07, 6.45) is 15.5. The average molecular weight is 452 g/mol. The monoisotopic (exact) mass is 452 g/mol. The Morgan fingerprint density at radius 2 is 1.12 bits per heavy atom. The van der Waals surface area contributed by atoms with E-state index in [-0.39, 0.29) is 0 Å². The molecule has 0 unspecified atom stereocenters. The molecule has 0 fully saturated rings. The molecule has 2 aliphatic rings. The van der Waals surface area contributed by atoms with Crippen LogP contribution < -0.4 is 0 Å². The van der Waals surface area contributed by atoms with Crippen LogP contribution in [-0.4, -0.2) is 11.3 Å². The van der Waals surface area contributed by atoms with Crippen molar-refractivity contribution in [3.63, 3.8) is 0 Å². The molecule has 0 saturated carbocycles. The molecule has 2 rings (SSSR count). The van der Waals surface area contributed by atoms with E-state index in [1.807, 2.05) is 0 Å². The van der Waals surface area contributed by atoms with Gasteiger partial charge in [-0.1, -0.05) is 27.7 Å². The zero-order valence-corrected chi connectivity index (χ0v) is 17.5. The van der Waals surface area contributed by atoms with Crippen molar-refractivity contribution >= 4 is 16.4 Å². The standard InChI is InChI=1S/C6H15P.2C5H5.Co.F6P/c1-5(2)7-6(3)4;2*1-2-4-5-3-1;;1-7(2,3,4,5)6/h5-7H,1-4H3;2*1-3H,4H2;;/q;;;+1;-1. The zero-order valence-electron chi connectivity index (χ0n) is 14.6. The third kappa shape index (κ3) is 23.9. The molecule has 0 saturated heterocycles. The molecule has 0 aromatic heterocycles. The molecule has 0 amide bonds. The quantitative estimate of drug-likeness (QED) is 0.296. The normalized spacial score (nSPS) is 18.9. The van der Waals surface area contributed by atoms with Crippen molar-refractivity contribution in [3.05, 3.63) is 45.5 Å². The Hall–Kier alpha value is -0.0935. The molecular formula is C16H25CoF6P2. The van der Waals surface area contributed by atoms with Crippen molar-refractivity contribution < 1.29 is 39.9 Å². The average Bonchev–Trinajstić information content (AvgIpc) is 2.97. The van der Waals surface area contributed by atoms with Gasteiger partial charge in [0.15, 0.2) is 0 Å². The van der Waals surface area contributed by atoms with Crippen LogP contribution in [0, 0.1) is 0 Å². The van der Waals surface area contributed by atoms with E-state index in [0.717, 1.165) is 32.7 Å². The third-order valence-electron chi connectivity index (χ3n) is 2.30. The fraction of sp³-hybridized carbons (Fsp3) is 0.500.